The van der Waals surface area contributed by atoms with Crippen molar-refractivity contribution in [2.75, 3.05) is 4.90 Å². The molecule has 0 fully saturated rings. The molecule has 1 aromatic carbocycles. The number of aliphatic hydroxyl groups is 2. The van der Waals surface area contributed by atoms with Crippen molar-refractivity contribution in [2.45, 2.75) is 59.9 Å². The van der Waals surface area contributed by atoms with Gasteiger partial charge in [-0.15, -0.1) is 0 Å². The highest BCUT2D eigenvalue weighted by Gasteiger charge is 2.24. The van der Waals surface area contributed by atoms with Crippen molar-refractivity contribution >= 4 is 5.69 Å². The molecule has 0 spiro atoms. The van der Waals surface area contributed by atoms with Crippen LogP contribution in [-0.4, -0.2) is 22.7 Å². The van der Waals surface area contributed by atoms with Gasteiger partial charge in [0.15, 0.2) is 0 Å². The molecule has 0 saturated carbocycles. The van der Waals surface area contributed by atoms with Crippen molar-refractivity contribution < 1.29 is 10.2 Å². The Labute approximate surface area is 110 Å². The zero-order chi connectivity index (χ0) is 13.9. The van der Waals surface area contributed by atoms with Crippen LogP contribution in [0.3, 0.4) is 0 Å². The predicted molar refractivity (Wildman–Crippen MR) is 75.7 cm³/mol. The molecule has 2 N–H and O–H groups in total. The lowest BCUT2D eigenvalue weighted by Crippen LogP contribution is -2.43. The summed E-state index contributed by atoms with van der Waals surface area (Å²) in [4.78, 5) is 1.73. The maximum atomic E-state index is 10.2. The molecule has 3 nitrogen and oxygen atoms in total. The first kappa shape index (κ1) is 15.0. The largest absolute Gasteiger partial charge is 0.374 e. The lowest BCUT2D eigenvalue weighted by Gasteiger charge is -2.36. The molecule has 1 aromatic rings. The van der Waals surface area contributed by atoms with E-state index in [0.717, 1.165) is 16.8 Å². The molecule has 0 radical (unpaired) electrons. The van der Waals surface area contributed by atoms with Gasteiger partial charge in [-0.05, 0) is 44.7 Å². The Kier molecular flexibility index (Phi) is 5.17. The number of anilines is 1. The van der Waals surface area contributed by atoms with Gasteiger partial charge >= 0.3 is 0 Å². The number of hydrogen-bond acceptors (Lipinski definition) is 3. The van der Waals surface area contributed by atoms with Gasteiger partial charge in [-0.1, -0.05) is 31.5 Å². The van der Waals surface area contributed by atoms with Gasteiger partial charge in [0, 0.05) is 5.69 Å². The summed E-state index contributed by atoms with van der Waals surface area (Å²) in [7, 11) is 0. The molecule has 2 unspecified atom stereocenters. The maximum absolute atomic E-state index is 10.2. The molecule has 0 saturated heterocycles. The molecular weight excluding hydrogens is 226 g/mol. The second-order valence-corrected chi connectivity index (χ2v) is 4.93. The van der Waals surface area contributed by atoms with E-state index in [9.17, 15) is 10.2 Å². The van der Waals surface area contributed by atoms with Crippen molar-refractivity contribution in [3.63, 3.8) is 0 Å². The molecule has 0 aliphatic heterocycles. The lowest BCUT2D eigenvalue weighted by molar-refractivity contribution is 0.0795. The monoisotopic (exact) mass is 251 g/mol. The number of hydrogen-bond donors (Lipinski definition) is 2. The molecule has 0 bridgehead atoms. The SMILES string of the molecule is CCC(O)N(c1c(C)cc(C)cc1C)C(O)CC. The summed E-state index contributed by atoms with van der Waals surface area (Å²) in [6.07, 6.45) is -0.131. The second-order valence-electron chi connectivity index (χ2n) is 4.93. The smallest absolute Gasteiger partial charge is 0.128 e. The van der Waals surface area contributed by atoms with Crippen molar-refractivity contribution in [2.24, 2.45) is 0 Å². The van der Waals surface area contributed by atoms with Gasteiger partial charge in [0.2, 0.25) is 0 Å². The van der Waals surface area contributed by atoms with Crippen molar-refractivity contribution in [3.05, 3.63) is 28.8 Å². The summed E-state index contributed by atoms with van der Waals surface area (Å²) < 4.78 is 0. The van der Waals surface area contributed by atoms with Crippen molar-refractivity contribution in [3.8, 4) is 0 Å². The van der Waals surface area contributed by atoms with Crippen LogP contribution in [0, 0.1) is 20.8 Å². The summed E-state index contributed by atoms with van der Waals surface area (Å²) >= 11 is 0. The van der Waals surface area contributed by atoms with E-state index in [0.29, 0.717) is 12.8 Å². The molecule has 0 aliphatic carbocycles. The first-order chi connectivity index (χ1) is 8.42. The fraction of sp³-hybridized carbons (Fsp3) is 0.600. The topological polar surface area (TPSA) is 43.7 Å². The van der Waals surface area contributed by atoms with Gasteiger partial charge in [-0.2, -0.15) is 0 Å². The van der Waals surface area contributed by atoms with Gasteiger partial charge < -0.3 is 15.1 Å². The fourth-order valence-corrected chi connectivity index (χ4v) is 2.47. The van der Waals surface area contributed by atoms with Crippen LogP contribution < -0.4 is 4.90 Å². The standard InChI is InChI=1S/C15H25NO2/c1-6-13(17)16(14(18)7-2)15-11(4)8-10(3)9-12(15)5/h8-9,13-14,17-18H,6-7H2,1-5H3. The highest BCUT2D eigenvalue weighted by molar-refractivity contribution is 5.60. The number of nitrogens with zero attached hydrogens (tertiary/aromatic N) is 1. The van der Waals surface area contributed by atoms with E-state index >= 15 is 0 Å². The minimum Gasteiger partial charge on any atom is -0.374 e. The van der Waals surface area contributed by atoms with Gasteiger partial charge in [0.1, 0.15) is 12.5 Å². The third-order valence-corrected chi connectivity index (χ3v) is 3.27. The Hall–Kier alpha value is -1.06. The summed E-state index contributed by atoms with van der Waals surface area (Å²) in [6.45, 7) is 9.93. The Morgan fingerprint density at radius 3 is 1.67 bits per heavy atom. The molecular formula is C15H25NO2. The summed E-state index contributed by atoms with van der Waals surface area (Å²) in [6, 6.07) is 4.17. The third-order valence-electron chi connectivity index (χ3n) is 3.27. The molecule has 3 heteroatoms. The van der Waals surface area contributed by atoms with E-state index < -0.39 is 12.5 Å². The van der Waals surface area contributed by atoms with E-state index in [4.69, 9.17) is 0 Å². The summed E-state index contributed by atoms with van der Waals surface area (Å²) in [5, 5.41) is 20.3. The maximum Gasteiger partial charge on any atom is 0.128 e. The second kappa shape index (κ2) is 6.21. The molecule has 102 valence electrons. The van der Waals surface area contributed by atoms with Gasteiger partial charge in [-0.25, -0.2) is 0 Å². The molecule has 0 aliphatic rings. The van der Waals surface area contributed by atoms with Crippen LogP contribution in [-0.2, 0) is 0 Å². The first-order valence-corrected chi connectivity index (χ1v) is 6.64. The van der Waals surface area contributed by atoms with Crippen LogP contribution in [0.5, 0.6) is 0 Å². The van der Waals surface area contributed by atoms with E-state index in [-0.39, 0.29) is 0 Å². The summed E-state index contributed by atoms with van der Waals surface area (Å²) in [5.74, 6) is 0. The number of rotatable bonds is 5. The zero-order valence-electron chi connectivity index (χ0n) is 12.1. The number of benzene rings is 1. The van der Waals surface area contributed by atoms with Crippen LogP contribution in [0.25, 0.3) is 0 Å². The molecule has 0 heterocycles. The molecule has 18 heavy (non-hydrogen) atoms. The van der Waals surface area contributed by atoms with E-state index in [1.807, 2.05) is 27.7 Å². The van der Waals surface area contributed by atoms with Crippen molar-refractivity contribution in [1.29, 1.82) is 0 Å². The quantitative estimate of drug-likeness (QED) is 0.791. The minimum atomic E-state index is -0.653. The number of aryl methyl sites for hydroxylation is 3. The van der Waals surface area contributed by atoms with Gasteiger partial charge in [0.25, 0.3) is 0 Å². The summed E-state index contributed by atoms with van der Waals surface area (Å²) in [5.41, 5.74) is 4.33. The van der Waals surface area contributed by atoms with Crippen LogP contribution in [0.2, 0.25) is 0 Å². The van der Waals surface area contributed by atoms with Crippen LogP contribution in [0.4, 0.5) is 5.69 Å². The fourth-order valence-electron chi connectivity index (χ4n) is 2.47. The normalized spacial score (nSPS) is 14.4. The number of aliphatic hydroxyl groups excluding tert-OH is 2. The molecule has 0 aromatic heterocycles. The Bertz CT molecular complexity index is 370. The van der Waals surface area contributed by atoms with E-state index in [1.165, 1.54) is 5.56 Å². The highest BCUT2D eigenvalue weighted by atomic mass is 16.3. The Morgan fingerprint density at radius 2 is 1.33 bits per heavy atom. The van der Waals surface area contributed by atoms with Crippen LogP contribution in [0.15, 0.2) is 12.1 Å². The average Bonchev–Trinajstić information content (AvgIpc) is 2.31. The Morgan fingerprint density at radius 1 is 0.944 bits per heavy atom. The van der Waals surface area contributed by atoms with Crippen LogP contribution in [0.1, 0.15) is 43.4 Å². The van der Waals surface area contributed by atoms with Crippen molar-refractivity contribution in [1.82, 2.24) is 0 Å². The van der Waals surface area contributed by atoms with E-state index in [2.05, 4.69) is 19.1 Å². The average molecular weight is 251 g/mol. The first-order valence-electron chi connectivity index (χ1n) is 6.64. The van der Waals surface area contributed by atoms with E-state index in [1.54, 1.807) is 4.90 Å². The molecule has 1 rings (SSSR count). The molecule has 0 amide bonds. The highest BCUT2D eigenvalue weighted by Crippen LogP contribution is 2.30. The third kappa shape index (κ3) is 3.03. The van der Waals surface area contributed by atoms with Crippen LogP contribution >= 0.6 is 0 Å². The zero-order valence-corrected chi connectivity index (χ0v) is 12.1. The predicted octanol–water partition coefficient (Wildman–Crippen LogP) is 2.88. The minimum absolute atomic E-state index is 0.587. The van der Waals surface area contributed by atoms with Gasteiger partial charge in [0.05, 0.1) is 0 Å². The lowest BCUT2D eigenvalue weighted by atomic mass is 10.0. The molecule has 2 atom stereocenters. The Balaban J connectivity index is 3.29. The van der Waals surface area contributed by atoms with Gasteiger partial charge in [-0.3, -0.25) is 0 Å².